The molecule has 0 radical (unpaired) electrons. The number of rotatable bonds is 4. The van der Waals surface area contributed by atoms with Gasteiger partial charge < -0.3 is 14.8 Å². The molecule has 1 aromatic carbocycles. The summed E-state index contributed by atoms with van der Waals surface area (Å²) in [5.41, 5.74) is 3.74. The molecular formula is C17H19NO3. The third-order valence-corrected chi connectivity index (χ3v) is 4.13. The summed E-state index contributed by atoms with van der Waals surface area (Å²) in [5, 5.41) is 13.4. The molecule has 110 valence electrons. The third kappa shape index (κ3) is 2.25. The van der Waals surface area contributed by atoms with Gasteiger partial charge in [0.05, 0.1) is 12.2 Å². The van der Waals surface area contributed by atoms with Crippen LogP contribution in [0.25, 0.3) is 0 Å². The maximum Gasteiger partial charge on any atom is 0.232 e. The summed E-state index contributed by atoms with van der Waals surface area (Å²) in [7, 11) is 0. The highest BCUT2D eigenvalue weighted by atomic mass is 16.4. The van der Waals surface area contributed by atoms with E-state index in [-0.39, 0.29) is 11.8 Å². The average molecular weight is 285 g/mol. The molecule has 1 aliphatic heterocycles. The Kier molecular flexibility index (Phi) is 3.55. The Morgan fingerprint density at radius 1 is 1.38 bits per heavy atom. The van der Waals surface area contributed by atoms with Crippen molar-refractivity contribution in [3.63, 3.8) is 0 Å². The molecule has 2 heterocycles. The fourth-order valence-electron chi connectivity index (χ4n) is 2.98. The number of carbonyl (C=O) groups is 1. The van der Waals surface area contributed by atoms with Crippen LogP contribution in [0.5, 0.6) is 0 Å². The number of carbonyl (C=O) groups excluding carboxylic acids is 1. The summed E-state index contributed by atoms with van der Waals surface area (Å²) < 4.78 is 5.28. The van der Waals surface area contributed by atoms with Crippen LogP contribution in [0.3, 0.4) is 0 Å². The molecule has 0 saturated carbocycles. The zero-order valence-electron chi connectivity index (χ0n) is 12.2. The molecule has 0 fully saturated rings. The van der Waals surface area contributed by atoms with Gasteiger partial charge in [0.1, 0.15) is 11.9 Å². The van der Waals surface area contributed by atoms with E-state index in [1.807, 2.05) is 26.0 Å². The van der Waals surface area contributed by atoms with Crippen LogP contribution in [0.4, 0.5) is 5.69 Å². The van der Waals surface area contributed by atoms with E-state index in [9.17, 15) is 9.90 Å². The van der Waals surface area contributed by atoms with Crippen LogP contribution in [0.15, 0.2) is 34.9 Å². The lowest BCUT2D eigenvalue weighted by molar-refractivity contribution is -0.117. The molecule has 2 N–H and O–H groups in total. The largest absolute Gasteiger partial charge is 0.466 e. The number of nitrogens with one attached hydrogen (secondary N) is 1. The predicted octanol–water partition coefficient (Wildman–Crippen LogP) is 3.37. The van der Waals surface area contributed by atoms with E-state index in [0.717, 1.165) is 35.2 Å². The number of aliphatic hydroxyl groups is 1. The second kappa shape index (κ2) is 5.37. The molecule has 1 amide bonds. The standard InChI is InChI=1S/C17H19NO3/c1-3-10-8-11(16(19)14-6-5-7-21-14)9-13-12(4-2)17(20)18-15(10)13/h5-9,12,16,19H,3-4H2,1-2H3,(H,18,20). The van der Waals surface area contributed by atoms with Crippen molar-refractivity contribution in [2.45, 2.75) is 38.7 Å². The van der Waals surface area contributed by atoms with Gasteiger partial charge in [0.2, 0.25) is 5.91 Å². The summed E-state index contributed by atoms with van der Waals surface area (Å²) in [6.45, 7) is 4.05. The number of furan rings is 1. The van der Waals surface area contributed by atoms with Crippen LogP contribution in [0.1, 0.15) is 54.7 Å². The van der Waals surface area contributed by atoms with Crippen molar-refractivity contribution in [2.24, 2.45) is 0 Å². The van der Waals surface area contributed by atoms with Crippen LogP contribution in [0.2, 0.25) is 0 Å². The van der Waals surface area contributed by atoms with Crippen LogP contribution in [0, 0.1) is 0 Å². The highest BCUT2D eigenvalue weighted by Crippen LogP contribution is 2.40. The van der Waals surface area contributed by atoms with Crippen molar-refractivity contribution in [1.82, 2.24) is 0 Å². The first kappa shape index (κ1) is 13.9. The van der Waals surface area contributed by atoms with Gasteiger partial charge in [-0.2, -0.15) is 0 Å². The smallest absolute Gasteiger partial charge is 0.232 e. The van der Waals surface area contributed by atoms with E-state index in [1.54, 1.807) is 18.4 Å². The summed E-state index contributed by atoms with van der Waals surface area (Å²) in [6.07, 6.45) is 2.30. The molecule has 4 heteroatoms. The minimum Gasteiger partial charge on any atom is -0.466 e. The number of fused-ring (bicyclic) bond motifs is 1. The predicted molar refractivity (Wildman–Crippen MR) is 80.3 cm³/mol. The first-order valence-electron chi connectivity index (χ1n) is 7.34. The summed E-state index contributed by atoms with van der Waals surface area (Å²) >= 11 is 0. The van der Waals surface area contributed by atoms with Gasteiger partial charge in [0, 0.05) is 5.69 Å². The van der Waals surface area contributed by atoms with E-state index in [4.69, 9.17) is 4.42 Å². The fraction of sp³-hybridized carbons (Fsp3) is 0.353. The topological polar surface area (TPSA) is 62.5 Å². The van der Waals surface area contributed by atoms with Crippen LogP contribution >= 0.6 is 0 Å². The number of amides is 1. The number of benzene rings is 1. The van der Waals surface area contributed by atoms with Gasteiger partial charge >= 0.3 is 0 Å². The van der Waals surface area contributed by atoms with Gasteiger partial charge in [0.25, 0.3) is 0 Å². The van der Waals surface area contributed by atoms with Crippen LogP contribution < -0.4 is 5.32 Å². The normalized spacial score (nSPS) is 18.4. The summed E-state index contributed by atoms with van der Waals surface area (Å²) in [5.74, 6) is 0.434. The number of hydrogen-bond acceptors (Lipinski definition) is 3. The molecule has 2 atom stereocenters. The zero-order chi connectivity index (χ0) is 15.0. The number of anilines is 1. The third-order valence-electron chi connectivity index (χ3n) is 4.13. The quantitative estimate of drug-likeness (QED) is 0.905. The Bertz CT molecular complexity index is 661. The van der Waals surface area contributed by atoms with Crippen LogP contribution in [-0.4, -0.2) is 11.0 Å². The van der Waals surface area contributed by atoms with Gasteiger partial charge in [0.15, 0.2) is 0 Å². The second-order valence-electron chi connectivity index (χ2n) is 5.37. The van der Waals surface area contributed by atoms with Gasteiger partial charge in [-0.05, 0) is 47.7 Å². The Labute approximate surface area is 123 Å². The number of aliphatic hydroxyl groups excluding tert-OH is 1. The van der Waals surface area contributed by atoms with Gasteiger partial charge in [-0.1, -0.05) is 19.9 Å². The molecule has 3 rings (SSSR count). The molecule has 0 bridgehead atoms. The Balaban J connectivity index is 2.08. The van der Waals surface area contributed by atoms with E-state index in [0.29, 0.717) is 5.76 Å². The number of aryl methyl sites for hydroxylation is 1. The molecule has 0 aliphatic carbocycles. The van der Waals surface area contributed by atoms with Gasteiger partial charge in [-0.3, -0.25) is 4.79 Å². The van der Waals surface area contributed by atoms with E-state index >= 15 is 0 Å². The molecule has 4 nitrogen and oxygen atoms in total. The van der Waals surface area contributed by atoms with Crippen molar-refractivity contribution in [3.8, 4) is 0 Å². The van der Waals surface area contributed by atoms with Crippen molar-refractivity contribution >= 4 is 11.6 Å². The Morgan fingerprint density at radius 2 is 2.19 bits per heavy atom. The molecule has 21 heavy (non-hydrogen) atoms. The van der Waals surface area contributed by atoms with Gasteiger partial charge in [-0.15, -0.1) is 0 Å². The second-order valence-corrected chi connectivity index (χ2v) is 5.37. The molecule has 1 aliphatic rings. The van der Waals surface area contributed by atoms with Crippen LogP contribution in [-0.2, 0) is 11.2 Å². The van der Waals surface area contributed by atoms with Crippen molar-refractivity contribution in [3.05, 3.63) is 53.0 Å². The van der Waals surface area contributed by atoms with Gasteiger partial charge in [-0.25, -0.2) is 0 Å². The Morgan fingerprint density at radius 3 is 2.81 bits per heavy atom. The molecule has 2 unspecified atom stereocenters. The minimum absolute atomic E-state index is 0.0480. The minimum atomic E-state index is -0.802. The first-order chi connectivity index (χ1) is 10.2. The maximum absolute atomic E-state index is 12.0. The lowest BCUT2D eigenvalue weighted by Crippen LogP contribution is -2.10. The molecule has 2 aromatic rings. The zero-order valence-corrected chi connectivity index (χ0v) is 12.2. The average Bonchev–Trinajstić information content (AvgIpc) is 3.12. The van der Waals surface area contributed by atoms with E-state index in [2.05, 4.69) is 5.32 Å². The SMILES string of the molecule is CCc1cc(C(O)c2ccco2)cc2c1NC(=O)C2CC. The van der Waals surface area contributed by atoms with E-state index < -0.39 is 6.10 Å². The highest BCUT2D eigenvalue weighted by Gasteiger charge is 2.32. The van der Waals surface area contributed by atoms with E-state index in [1.165, 1.54) is 0 Å². The molecular weight excluding hydrogens is 266 g/mol. The Hall–Kier alpha value is -2.07. The van der Waals surface area contributed by atoms with Crippen molar-refractivity contribution < 1.29 is 14.3 Å². The maximum atomic E-state index is 12.0. The lowest BCUT2D eigenvalue weighted by atomic mass is 9.91. The first-order valence-corrected chi connectivity index (χ1v) is 7.34. The monoisotopic (exact) mass is 285 g/mol. The molecule has 1 aromatic heterocycles. The van der Waals surface area contributed by atoms with Crippen molar-refractivity contribution in [2.75, 3.05) is 5.32 Å². The molecule has 0 saturated heterocycles. The summed E-state index contributed by atoms with van der Waals surface area (Å²) in [6, 6.07) is 7.38. The highest BCUT2D eigenvalue weighted by molar-refractivity contribution is 6.03. The summed E-state index contributed by atoms with van der Waals surface area (Å²) in [4.78, 5) is 12.0. The number of hydrogen-bond donors (Lipinski definition) is 2. The lowest BCUT2D eigenvalue weighted by Gasteiger charge is -2.15. The fourth-order valence-corrected chi connectivity index (χ4v) is 2.98. The van der Waals surface area contributed by atoms with Crippen molar-refractivity contribution in [1.29, 1.82) is 0 Å². The molecule has 0 spiro atoms.